The number of rotatable bonds is 4. The summed E-state index contributed by atoms with van der Waals surface area (Å²) in [6.45, 7) is 0. The van der Waals surface area contributed by atoms with Gasteiger partial charge in [0.05, 0.1) is 10.6 Å². The van der Waals surface area contributed by atoms with Gasteiger partial charge in [0, 0.05) is 31.9 Å². The number of aromatic nitrogens is 2. The Kier molecular flexibility index (Phi) is 5.32. The molecule has 0 aliphatic heterocycles. The van der Waals surface area contributed by atoms with Crippen molar-refractivity contribution in [3.05, 3.63) is 92.5 Å². The fraction of sp³-hybridized carbons (Fsp3) is 0.105. The first-order valence-corrected chi connectivity index (χ1v) is 8.28. The molecule has 1 aromatic carbocycles. The number of pyridine rings is 2. The molecule has 0 aliphatic rings. The summed E-state index contributed by atoms with van der Waals surface area (Å²) >= 11 is 5.82. The first-order chi connectivity index (χ1) is 12.8. The number of carbonyl (C=O) groups is 1. The van der Waals surface area contributed by atoms with E-state index in [4.69, 9.17) is 11.6 Å². The third kappa shape index (κ3) is 4.20. The van der Waals surface area contributed by atoms with Gasteiger partial charge in [-0.2, -0.15) is 0 Å². The van der Waals surface area contributed by atoms with Crippen LogP contribution in [0.15, 0.2) is 53.6 Å². The Morgan fingerprint density at radius 3 is 2.63 bits per heavy atom. The summed E-state index contributed by atoms with van der Waals surface area (Å²) < 4.78 is 28.0. The van der Waals surface area contributed by atoms with Crippen molar-refractivity contribution in [3.63, 3.8) is 0 Å². The van der Waals surface area contributed by atoms with Crippen molar-refractivity contribution in [3.8, 4) is 0 Å². The van der Waals surface area contributed by atoms with E-state index >= 15 is 0 Å². The standard InChI is InChI=1S/C19H14ClF2N3O2/c1-25-10-13(4-7-16(25)26)19(27)24-15-6-2-11(9-23-15)8-12-3-5-14(21)18(22)17(12)20/h2-7,9-10H,8H2,1H3,(H,23,24,27). The van der Waals surface area contributed by atoms with Gasteiger partial charge in [0.1, 0.15) is 5.82 Å². The third-order valence-electron chi connectivity index (χ3n) is 3.92. The zero-order chi connectivity index (χ0) is 19.6. The summed E-state index contributed by atoms with van der Waals surface area (Å²) in [7, 11) is 1.55. The van der Waals surface area contributed by atoms with Crippen molar-refractivity contribution in [1.29, 1.82) is 0 Å². The highest BCUT2D eigenvalue weighted by atomic mass is 35.5. The van der Waals surface area contributed by atoms with Gasteiger partial charge >= 0.3 is 0 Å². The number of amides is 1. The molecule has 8 heteroatoms. The number of carbonyl (C=O) groups excluding carboxylic acids is 1. The zero-order valence-corrected chi connectivity index (χ0v) is 14.9. The maximum absolute atomic E-state index is 13.5. The number of hydrogen-bond donors (Lipinski definition) is 1. The SMILES string of the molecule is Cn1cc(C(=O)Nc2ccc(Cc3ccc(F)c(F)c3Cl)cn2)ccc1=O. The molecule has 0 spiro atoms. The predicted molar refractivity (Wildman–Crippen MR) is 98.0 cm³/mol. The second-order valence-corrected chi connectivity index (χ2v) is 6.26. The molecule has 0 fully saturated rings. The molecule has 0 atom stereocenters. The number of benzene rings is 1. The van der Waals surface area contributed by atoms with Gasteiger partial charge in [-0.15, -0.1) is 0 Å². The topological polar surface area (TPSA) is 64.0 Å². The third-order valence-corrected chi connectivity index (χ3v) is 4.33. The van der Waals surface area contributed by atoms with Crippen LogP contribution in [0.2, 0.25) is 5.02 Å². The second kappa shape index (κ2) is 7.67. The van der Waals surface area contributed by atoms with Gasteiger partial charge in [-0.3, -0.25) is 9.59 Å². The summed E-state index contributed by atoms with van der Waals surface area (Å²) in [6.07, 6.45) is 3.20. The molecule has 2 heterocycles. The van der Waals surface area contributed by atoms with Gasteiger partial charge in [-0.25, -0.2) is 13.8 Å². The van der Waals surface area contributed by atoms with Crippen LogP contribution in [0.25, 0.3) is 0 Å². The fourth-order valence-electron chi connectivity index (χ4n) is 2.44. The first-order valence-electron chi connectivity index (χ1n) is 7.90. The van der Waals surface area contributed by atoms with Gasteiger partial charge in [-0.05, 0) is 29.3 Å². The Morgan fingerprint density at radius 1 is 1.19 bits per heavy atom. The summed E-state index contributed by atoms with van der Waals surface area (Å²) in [5.41, 5.74) is 1.24. The average molecular weight is 390 g/mol. The number of halogens is 3. The fourth-order valence-corrected chi connectivity index (χ4v) is 2.66. The van der Waals surface area contributed by atoms with E-state index in [1.165, 1.54) is 35.2 Å². The molecule has 0 radical (unpaired) electrons. The van der Waals surface area contributed by atoms with Crippen LogP contribution in [0.3, 0.4) is 0 Å². The second-order valence-electron chi connectivity index (χ2n) is 5.88. The highest BCUT2D eigenvalue weighted by Gasteiger charge is 2.12. The maximum Gasteiger partial charge on any atom is 0.258 e. The van der Waals surface area contributed by atoms with Crippen molar-refractivity contribution in [2.75, 3.05) is 5.32 Å². The van der Waals surface area contributed by atoms with Crippen molar-refractivity contribution < 1.29 is 13.6 Å². The Balaban J connectivity index is 1.72. The lowest BCUT2D eigenvalue weighted by Crippen LogP contribution is -2.19. The quantitative estimate of drug-likeness (QED) is 0.694. The van der Waals surface area contributed by atoms with Crippen LogP contribution in [-0.4, -0.2) is 15.5 Å². The molecule has 2 aromatic heterocycles. The van der Waals surface area contributed by atoms with Crippen LogP contribution >= 0.6 is 11.6 Å². The lowest BCUT2D eigenvalue weighted by Gasteiger charge is -2.08. The van der Waals surface area contributed by atoms with Crippen molar-refractivity contribution in [2.24, 2.45) is 7.05 Å². The largest absolute Gasteiger partial charge is 0.318 e. The van der Waals surface area contributed by atoms with Crippen LogP contribution in [0.4, 0.5) is 14.6 Å². The Bertz CT molecular complexity index is 1070. The summed E-state index contributed by atoms with van der Waals surface area (Å²) in [5, 5.41) is 2.36. The molecule has 1 N–H and O–H groups in total. The zero-order valence-electron chi connectivity index (χ0n) is 14.2. The normalized spacial score (nSPS) is 10.7. The average Bonchev–Trinajstić information content (AvgIpc) is 2.66. The van der Waals surface area contributed by atoms with E-state index in [1.54, 1.807) is 19.2 Å². The molecule has 3 aromatic rings. The molecular weight excluding hydrogens is 376 g/mol. The molecular formula is C19H14ClF2N3O2. The number of hydrogen-bond acceptors (Lipinski definition) is 3. The molecule has 0 saturated heterocycles. The van der Waals surface area contributed by atoms with Gasteiger partial charge in [0.25, 0.3) is 5.91 Å². The number of aryl methyl sites for hydroxylation is 1. The number of nitrogens with one attached hydrogen (secondary N) is 1. The van der Waals surface area contributed by atoms with Crippen molar-refractivity contribution in [2.45, 2.75) is 6.42 Å². The highest BCUT2D eigenvalue weighted by molar-refractivity contribution is 6.31. The molecule has 0 unspecified atom stereocenters. The van der Waals surface area contributed by atoms with Gasteiger partial charge in [0.2, 0.25) is 5.56 Å². The van der Waals surface area contributed by atoms with E-state index in [1.807, 2.05) is 0 Å². The molecule has 138 valence electrons. The monoisotopic (exact) mass is 389 g/mol. The molecule has 3 rings (SSSR count). The van der Waals surface area contributed by atoms with E-state index in [0.717, 1.165) is 6.07 Å². The Hall–Kier alpha value is -3.06. The van der Waals surface area contributed by atoms with Crippen LogP contribution in [0.5, 0.6) is 0 Å². The molecule has 5 nitrogen and oxygen atoms in total. The van der Waals surface area contributed by atoms with E-state index in [-0.39, 0.29) is 17.0 Å². The van der Waals surface area contributed by atoms with Crippen molar-refractivity contribution in [1.82, 2.24) is 9.55 Å². The Morgan fingerprint density at radius 2 is 1.96 bits per heavy atom. The lowest BCUT2D eigenvalue weighted by molar-refractivity contribution is 0.102. The summed E-state index contributed by atoms with van der Waals surface area (Å²) in [5.74, 6) is -2.18. The first kappa shape index (κ1) is 18.7. The van der Waals surface area contributed by atoms with E-state index < -0.39 is 17.5 Å². The molecule has 0 saturated carbocycles. The summed E-state index contributed by atoms with van der Waals surface area (Å²) in [4.78, 5) is 27.7. The number of nitrogens with zero attached hydrogens (tertiary/aromatic N) is 2. The van der Waals surface area contributed by atoms with Crippen LogP contribution < -0.4 is 10.9 Å². The van der Waals surface area contributed by atoms with Crippen LogP contribution in [0.1, 0.15) is 21.5 Å². The smallest absolute Gasteiger partial charge is 0.258 e. The Labute approximate surface area is 158 Å². The molecule has 0 bridgehead atoms. The molecule has 0 aliphatic carbocycles. The highest BCUT2D eigenvalue weighted by Crippen LogP contribution is 2.24. The minimum atomic E-state index is -1.08. The molecule has 1 amide bonds. The van der Waals surface area contributed by atoms with E-state index in [2.05, 4.69) is 10.3 Å². The van der Waals surface area contributed by atoms with Crippen LogP contribution in [0, 0.1) is 11.6 Å². The summed E-state index contributed by atoms with van der Waals surface area (Å²) in [6, 6.07) is 8.44. The number of anilines is 1. The minimum absolute atomic E-state index is 0.218. The predicted octanol–water partition coefficient (Wildman–Crippen LogP) is 3.56. The van der Waals surface area contributed by atoms with Gasteiger partial charge in [-0.1, -0.05) is 23.7 Å². The van der Waals surface area contributed by atoms with Crippen LogP contribution in [-0.2, 0) is 13.5 Å². The van der Waals surface area contributed by atoms with Gasteiger partial charge in [0.15, 0.2) is 11.6 Å². The molecule has 27 heavy (non-hydrogen) atoms. The maximum atomic E-state index is 13.5. The van der Waals surface area contributed by atoms with E-state index in [0.29, 0.717) is 22.5 Å². The van der Waals surface area contributed by atoms with Gasteiger partial charge < -0.3 is 9.88 Å². The lowest BCUT2D eigenvalue weighted by atomic mass is 10.1. The van der Waals surface area contributed by atoms with Crippen molar-refractivity contribution >= 4 is 23.3 Å². The van der Waals surface area contributed by atoms with E-state index in [9.17, 15) is 18.4 Å². The minimum Gasteiger partial charge on any atom is -0.318 e.